The van der Waals surface area contributed by atoms with Gasteiger partial charge in [-0.25, -0.2) is 0 Å². The Hall–Kier alpha value is -0.910. The van der Waals surface area contributed by atoms with Crippen molar-refractivity contribution in [3.05, 3.63) is 12.2 Å². The van der Waals surface area contributed by atoms with Crippen LogP contribution in [0.3, 0.4) is 0 Å². The SMILES string of the molecule is CCCCCCCCCC=CCCCC(O)C(O)C(CO)NC(=O)CCCCCCCCCCCCCCCCCCCCCCC. The van der Waals surface area contributed by atoms with Crippen LogP contribution >= 0.6 is 0 Å². The summed E-state index contributed by atoms with van der Waals surface area (Å²) in [7, 11) is 0. The van der Waals surface area contributed by atoms with Gasteiger partial charge in [0.05, 0.1) is 18.8 Å². The van der Waals surface area contributed by atoms with Crippen molar-refractivity contribution in [2.24, 2.45) is 0 Å². The van der Waals surface area contributed by atoms with Crippen LogP contribution in [0, 0.1) is 0 Å². The van der Waals surface area contributed by atoms with Gasteiger partial charge in [0.1, 0.15) is 6.10 Å². The molecule has 47 heavy (non-hydrogen) atoms. The molecular formula is C42H83NO4. The molecule has 0 aromatic heterocycles. The summed E-state index contributed by atoms with van der Waals surface area (Å²) in [5.41, 5.74) is 0. The highest BCUT2D eigenvalue weighted by Gasteiger charge is 2.26. The molecule has 5 heteroatoms. The van der Waals surface area contributed by atoms with E-state index in [0.717, 1.165) is 38.5 Å². The number of aliphatic hydroxyl groups excluding tert-OH is 3. The van der Waals surface area contributed by atoms with Crippen LogP contribution in [0.1, 0.15) is 226 Å². The highest BCUT2D eigenvalue weighted by Crippen LogP contribution is 2.16. The molecule has 0 aliphatic heterocycles. The van der Waals surface area contributed by atoms with Crippen LogP contribution in [0.4, 0.5) is 0 Å². The van der Waals surface area contributed by atoms with E-state index in [0.29, 0.717) is 12.8 Å². The third-order valence-corrected chi connectivity index (χ3v) is 9.87. The first-order valence-electron chi connectivity index (χ1n) is 21.0. The minimum absolute atomic E-state index is 0.151. The van der Waals surface area contributed by atoms with Gasteiger partial charge in [0, 0.05) is 6.42 Å². The molecule has 3 atom stereocenters. The fourth-order valence-corrected chi connectivity index (χ4v) is 6.57. The molecule has 0 saturated heterocycles. The van der Waals surface area contributed by atoms with Gasteiger partial charge in [-0.05, 0) is 38.5 Å². The molecule has 0 rings (SSSR count). The van der Waals surface area contributed by atoms with Crippen molar-refractivity contribution in [1.29, 1.82) is 0 Å². The Labute approximate surface area is 293 Å². The largest absolute Gasteiger partial charge is 0.394 e. The summed E-state index contributed by atoms with van der Waals surface area (Å²) >= 11 is 0. The second-order valence-electron chi connectivity index (χ2n) is 14.5. The van der Waals surface area contributed by atoms with E-state index >= 15 is 0 Å². The number of hydrogen-bond donors (Lipinski definition) is 4. The van der Waals surface area contributed by atoms with Gasteiger partial charge in [0.25, 0.3) is 0 Å². The third kappa shape index (κ3) is 33.4. The molecule has 0 saturated carbocycles. The summed E-state index contributed by atoms with van der Waals surface area (Å²) in [6, 6.07) is -0.819. The minimum Gasteiger partial charge on any atom is -0.394 e. The number of aliphatic hydroxyl groups is 3. The molecule has 0 fully saturated rings. The number of rotatable bonds is 38. The van der Waals surface area contributed by atoms with E-state index < -0.39 is 18.2 Å². The van der Waals surface area contributed by atoms with E-state index in [4.69, 9.17) is 0 Å². The molecule has 4 N–H and O–H groups in total. The molecule has 0 aromatic carbocycles. The summed E-state index contributed by atoms with van der Waals surface area (Å²) in [5.74, 6) is -0.151. The second-order valence-corrected chi connectivity index (χ2v) is 14.5. The molecule has 1 amide bonds. The Balaban J connectivity index is 3.60. The zero-order chi connectivity index (χ0) is 34.5. The number of allylic oxidation sites excluding steroid dienone is 2. The van der Waals surface area contributed by atoms with Gasteiger partial charge in [-0.2, -0.15) is 0 Å². The summed E-state index contributed by atoms with van der Waals surface area (Å²) in [6.07, 6.45) is 43.2. The Morgan fingerprint density at radius 1 is 0.511 bits per heavy atom. The maximum Gasteiger partial charge on any atom is 0.220 e. The number of carbonyl (C=O) groups is 1. The first-order chi connectivity index (χ1) is 23.1. The van der Waals surface area contributed by atoms with Gasteiger partial charge in [-0.15, -0.1) is 0 Å². The van der Waals surface area contributed by atoms with Crippen LogP contribution in [-0.2, 0) is 4.79 Å². The summed E-state index contributed by atoms with van der Waals surface area (Å²) in [4.78, 5) is 12.4. The van der Waals surface area contributed by atoms with Gasteiger partial charge in [0.15, 0.2) is 0 Å². The molecule has 0 aliphatic rings. The van der Waals surface area contributed by atoms with E-state index in [1.165, 1.54) is 161 Å². The van der Waals surface area contributed by atoms with Crippen LogP contribution in [-0.4, -0.2) is 46.1 Å². The van der Waals surface area contributed by atoms with Crippen LogP contribution in [0.2, 0.25) is 0 Å². The van der Waals surface area contributed by atoms with E-state index in [1.807, 2.05) is 0 Å². The monoisotopic (exact) mass is 666 g/mol. The maximum absolute atomic E-state index is 12.4. The standard InChI is InChI=1S/C42H83NO4/c1-3-5-7-9-11-13-15-17-18-19-20-21-22-23-24-25-27-29-31-33-35-37-41(46)43-39(38-44)42(47)40(45)36-34-32-30-28-26-16-14-12-10-8-6-4-2/h28,30,39-40,42,44-45,47H,3-27,29,31-38H2,1-2H3,(H,43,46). The highest BCUT2D eigenvalue weighted by atomic mass is 16.3. The van der Waals surface area contributed by atoms with Crippen LogP contribution in [0.25, 0.3) is 0 Å². The van der Waals surface area contributed by atoms with Crippen LogP contribution < -0.4 is 5.32 Å². The van der Waals surface area contributed by atoms with Crippen LogP contribution in [0.15, 0.2) is 12.2 Å². The lowest BCUT2D eigenvalue weighted by atomic mass is 10.0. The predicted molar refractivity (Wildman–Crippen MR) is 204 cm³/mol. The van der Waals surface area contributed by atoms with E-state index in [1.54, 1.807) is 0 Å². The molecule has 0 aromatic rings. The van der Waals surface area contributed by atoms with Crippen molar-refractivity contribution in [3.63, 3.8) is 0 Å². The van der Waals surface area contributed by atoms with E-state index in [-0.39, 0.29) is 12.5 Å². The van der Waals surface area contributed by atoms with Crippen molar-refractivity contribution in [1.82, 2.24) is 5.32 Å². The molecule has 5 nitrogen and oxygen atoms in total. The fraction of sp³-hybridized carbons (Fsp3) is 0.929. The van der Waals surface area contributed by atoms with Crippen molar-refractivity contribution in [3.8, 4) is 0 Å². The maximum atomic E-state index is 12.4. The molecule has 0 radical (unpaired) electrons. The summed E-state index contributed by atoms with van der Waals surface area (Å²) in [5, 5.41) is 33.4. The molecule has 280 valence electrons. The molecule has 0 bridgehead atoms. The topological polar surface area (TPSA) is 89.8 Å². The zero-order valence-electron chi connectivity index (χ0n) is 31.7. The van der Waals surface area contributed by atoms with Gasteiger partial charge >= 0.3 is 0 Å². The molecular weight excluding hydrogens is 582 g/mol. The lowest BCUT2D eigenvalue weighted by molar-refractivity contribution is -0.124. The van der Waals surface area contributed by atoms with Crippen molar-refractivity contribution >= 4 is 5.91 Å². The summed E-state index contributed by atoms with van der Waals surface area (Å²) in [6.45, 7) is 4.16. The molecule has 3 unspecified atom stereocenters. The van der Waals surface area contributed by atoms with Crippen molar-refractivity contribution < 1.29 is 20.1 Å². The van der Waals surface area contributed by atoms with E-state index in [2.05, 4.69) is 31.3 Å². The van der Waals surface area contributed by atoms with Gasteiger partial charge in [-0.1, -0.05) is 193 Å². The average molecular weight is 666 g/mol. The quantitative estimate of drug-likeness (QED) is 0.0390. The first kappa shape index (κ1) is 46.1. The normalized spacial score (nSPS) is 13.7. The second kappa shape index (κ2) is 37.9. The lowest BCUT2D eigenvalue weighted by Gasteiger charge is -2.26. The number of hydrogen-bond acceptors (Lipinski definition) is 4. The first-order valence-corrected chi connectivity index (χ1v) is 21.0. The highest BCUT2D eigenvalue weighted by molar-refractivity contribution is 5.76. The zero-order valence-corrected chi connectivity index (χ0v) is 31.7. The Bertz CT molecular complexity index is 655. The Morgan fingerprint density at radius 3 is 1.23 bits per heavy atom. The fourth-order valence-electron chi connectivity index (χ4n) is 6.57. The van der Waals surface area contributed by atoms with Crippen molar-refractivity contribution in [2.75, 3.05) is 6.61 Å². The number of amides is 1. The van der Waals surface area contributed by atoms with Crippen molar-refractivity contribution in [2.45, 2.75) is 244 Å². The number of carbonyl (C=O) groups excluding carboxylic acids is 1. The lowest BCUT2D eigenvalue weighted by Crippen LogP contribution is -2.50. The van der Waals surface area contributed by atoms with Crippen LogP contribution in [0.5, 0.6) is 0 Å². The summed E-state index contributed by atoms with van der Waals surface area (Å²) < 4.78 is 0. The van der Waals surface area contributed by atoms with E-state index in [9.17, 15) is 20.1 Å². The number of nitrogens with one attached hydrogen (secondary N) is 1. The van der Waals surface area contributed by atoms with Gasteiger partial charge in [-0.3, -0.25) is 4.79 Å². The van der Waals surface area contributed by atoms with Gasteiger partial charge < -0.3 is 20.6 Å². The predicted octanol–water partition coefficient (Wildman–Crippen LogP) is 11.7. The Morgan fingerprint density at radius 2 is 0.851 bits per heavy atom. The molecule has 0 heterocycles. The third-order valence-electron chi connectivity index (χ3n) is 9.87. The van der Waals surface area contributed by atoms with Gasteiger partial charge in [0.2, 0.25) is 5.91 Å². The smallest absolute Gasteiger partial charge is 0.220 e. The number of unbranched alkanes of at least 4 members (excludes halogenated alkanes) is 28. The Kier molecular flexibility index (Phi) is 37.2. The molecule has 0 aliphatic carbocycles. The minimum atomic E-state index is -1.15. The average Bonchev–Trinajstić information content (AvgIpc) is 3.07. The molecule has 0 spiro atoms.